The number of nitrogen functional groups attached to an aromatic ring is 2. The van der Waals surface area contributed by atoms with Gasteiger partial charge in [0.2, 0.25) is 5.95 Å². The SMILES string of the molecule is Cc1cc(Cc2cnc(N)nc2N)cc2c1O[C@H](C)C2. The zero-order valence-electron chi connectivity index (χ0n) is 11.7. The molecule has 0 saturated heterocycles. The summed E-state index contributed by atoms with van der Waals surface area (Å²) in [4.78, 5) is 8.00. The fraction of sp³-hybridized carbons (Fsp3) is 0.333. The number of nitrogens with zero attached hydrogens (tertiary/aromatic N) is 2. The van der Waals surface area contributed by atoms with Crippen LogP contribution in [0.5, 0.6) is 5.75 Å². The van der Waals surface area contributed by atoms with Crippen LogP contribution in [0.1, 0.15) is 29.2 Å². The molecule has 0 spiro atoms. The van der Waals surface area contributed by atoms with Gasteiger partial charge >= 0.3 is 0 Å². The van der Waals surface area contributed by atoms with E-state index in [1.165, 1.54) is 11.1 Å². The van der Waals surface area contributed by atoms with Crippen LogP contribution in [0.3, 0.4) is 0 Å². The molecule has 20 heavy (non-hydrogen) atoms. The largest absolute Gasteiger partial charge is 0.490 e. The number of aryl methyl sites for hydroxylation is 1. The van der Waals surface area contributed by atoms with Gasteiger partial charge in [0.15, 0.2) is 0 Å². The summed E-state index contributed by atoms with van der Waals surface area (Å²) in [6, 6.07) is 4.31. The summed E-state index contributed by atoms with van der Waals surface area (Å²) in [6.07, 6.45) is 3.61. The average Bonchev–Trinajstić information content (AvgIpc) is 2.74. The van der Waals surface area contributed by atoms with E-state index in [2.05, 4.69) is 35.9 Å². The van der Waals surface area contributed by atoms with Crippen molar-refractivity contribution >= 4 is 11.8 Å². The predicted molar refractivity (Wildman–Crippen MR) is 78.6 cm³/mol. The van der Waals surface area contributed by atoms with E-state index >= 15 is 0 Å². The first kappa shape index (κ1) is 12.7. The molecule has 0 aliphatic carbocycles. The van der Waals surface area contributed by atoms with Crippen LogP contribution in [0.4, 0.5) is 11.8 Å². The van der Waals surface area contributed by atoms with E-state index in [0.717, 1.165) is 23.3 Å². The van der Waals surface area contributed by atoms with Crippen molar-refractivity contribution in [1.82, 2.24) is 9.97 Å². The molecule has 104 valence electrons. The van der Waals surface area contributed by atoms with Crippen LogP contribution in [0.2, 0.25) is 0 Å². The lowest BCUT2D eigenvalue weighted by molar-refractivity contribution is 0.253. The van der Waals surface area contributed by atoms with Crippen molar-refractivity contribution in [3.63, 3.8) is 0 Å². The van der Waals surface area contributed by atoms with Crippen LogP contribution in [-0.4, -0.2) is 16.1 Å². The lowest BCUT2D eigenvalue weighted by atomic mass is 9.99. The Kier molecular flexibility index (Phi) is 2.97. The molecule has 3 rings (SSSR count). The Hall–Kier alpha value is -2.30. The molecule has 2 heterocycles. The summed E-state index contributed by atoms with van der Waals surface area (Å²) in [7, 11) is 0. The quantitative estimate of drug-likeness (QED) is 0.869. The van der Waals surface area contributed by atoms with Crippen molar-refractivity contribution < 1.29 is 4.74 Å². The average molecular weight is 270 g/mol. The highest BCUT2D eigenvalue weighted by Crippen LogP contribution is 2.34. The summed E-state index contributed by atoms with van der Waals surface area (Å²) in [5, 5.41) is 0. The maximum absolute atomic E-state index is 5.89. The van der Waals surface area contributed by atoms with E-state index < -0.39 is 0 Å². The molecule has 4 N–H and O–H groups in total. The highest BCUT2D eigenvalue weighted by atomic mass is 16.5. The number of fused-ring (bicyclic) bond motifs is 1. The standard InChI is InChI=1S/C15H18N4O/c1-8-3-10(5-11-4-9(2)20-13(8)11)6-12-7-18-15(17)19-14(12)16/h3,5,7,9H,4,6H2,1-2H3,(H4,16,17,18,19)/t9-/m1/s1. The van der Waals surface area contributed by atoms with Crippen LogP contribution < -0.4 is 16.2 Å². The van der Waals surface area contributed by atoms with Crippen molar-refractivity contribution in [2.24, 2.45) is 0 Å². The molecule has 0 radical (unpaired) electrons. The van der Waals surface area contributed by atoms with E-state index in [1.54, 1.807) is 6.20 Å². The van der Waals surface area contributed by atoms with E-state index in [-0.39, 0.29) is 12.1 Å². The van der Waals surface area contributed by atoms with E-state index in [4.69, 9.17) is 16.2 Å². The van der Waals surface area contributed by atoms with Crippen molar-refractivity contribution in [3.05, 3.63) is 40.6 Å². The number of anilines is 2. The third-order valence-electron chi connectivity index (χ3n) is 3.55. The highest BCUT2D eigenvalue weighted by molar-refractivity contribution is 5.50. The minimum absolute atomic E-state index is 0.207. The number of nitrogens with two attached hydrogens (primary N) is 2. The second-order valence-electron chi connectivity index (χ2n) is 5.35. The van der Waals surface area contributed by atoms with Crippen LogP contribution in [0.25, 0.3) is 0 Å². The van der Waals surface area contributed by atoms with Gasteiger partial charge in [-0.15, -0.1) is 0 Å². The topological polar surface area (TPSA) is 87.0 Å². The summed E-state index contributed by atoms with van der Waals surface area (Å²) in [6.45, 7) is 4.16. The first-order chi connectivity index (χ1) is 9.52. The molecule has 1 aliphatic heterocycles. The molecular weight excluding hydrogens is 252 g/mol. The Morgan fingerprint density at radius 3 is 2.90 bits per heavy atom. The van der Waals surface area contributed by atoms with E-state index in [1.807, 2.05) is 0 Å². The molecule has 0 fully saturated rings. The number of rotatable bonds is 2. The zero-order valence-corrected chi connectivity index (χ0v) is 11.7. The van der Waals surface area contributed by atoms with Crippen molar-refractivity contribution in [2.75, 3.05) is 11.5 Å². The summed E-state index contributed by atoms with van der Waals surface area (Å²) >= 11 is 0. The maximum Gasteiger partial charge on any atom is 0.221 e. The Bertz CT molecular complexity index is 669. The van der Waals surface area contributed by atoms with Crippen LogP contribution >= 0.6 is 0 Å². The van der Waals surface area contributed by atoms with Crippen molar-refractivity contribution in [2.45, 2.75) is 32.8 Å². The fourth-order valence-corrected chi connectivity index (χ4v) is 2.69. The third kappa shape index (κ3) is 2.27. The van der Waals surface area contributed by atoms with Crippen LogP contribution in [-0.2, 0) is 12.8 Å². The van der Waals surface area contributed by atoms with E-state index in [0.29, 0.717) is 12.2 Å². The molecule has 0 unspecified atom stereocenters. The summed E-state index contributed by atoms with van der Waals surface area (Å²) in [5.41, 5.74) is 15.9. The third-order valence-corrected chi connectivity index (χ3v) is 3.55. The van der Waals surface area contributed by atoms with Gasteiger partial charge in [-0.3, -0.25) is 0 Å². The fourth-order valence-electron chi connectivity index (χ4n) is 2.69. The number of benzene rings is 1. The minimum atomic E-state index is 0.207. The second-order valence-corrected chi connectivity index (χ2v) is 5.35. The lowest BCUT2D eigenvalue weighted by Gasteiger charge is -2.09. The number of hydrogen-bond acceptors (Lipinski definition) is 5. The van der Waals surface area contributed by atoms with Gasteiger partial charge in [0.05, 0.1) is 0 Å². The smallest absolute Gasteiger partial charge is 0.221 e. The molecule has 0 bridgehead atoms. The first-order valence-corrected chi connectivity index (χ1v) is 6.69. The van der Waals surface area contributed by atoms with Gasteiger partial charge in [0, 0.05) is 24.6 Å². The van der Waals surface area contributed by atoms with Crippen molar-refractivity contribution in [1.29, 1.82) is 0 Å². The highest BCUT2D eigenvalue weighted by Gasteiger charge is 2.21. The zero-order chi connectivity index (χ0) is 14.3. The van der Waals surface area contributed by atoms with Gasteiger partial charge in [0.1, 0.15) is 17.7 Å². The number of hydrogen-bond donors (Lipinski definition) is 2. The van der Waals surface area contributed by atoms with Crippen LogP contribution in [0.15, 0.2) is 18.3 Å². The molecule has 1 atom stereocenters. The Morgan fingerprint density at radius 1 is 1.35 bits per heavy atom. The van der Waals surface area contributed by atoms with Crippen LogP contribution in [0, 0.1) is 6.92 Å². The molecule has 0 amide bonds. The Balaban J connectivity index is 1.92. The number of ether oxygens (including phenoxy) is 1. The molecule has 0 saturated carbocycles. The van der Waals surface area contributed by atoms with Gasteiger partial charge in [-0.2, -0.15) is 4.98 Å². The van der Waals surface area contributed by atoms with Gasteiger partial charge in [-0.05, 0) is 30.5 Å². The Morgan fingerprint density at radius 2 is 2.15 bits per heavy atom. The molecule has 1 aliphatic rings. The van der Waals surface area contributed by atoms with Gasteiger partial charge in [-0.25, -0.2) is 4.98 Å². The van der Waals surface area contributed by atoms with Crippen molar-refractivity contribution in [3.8, 4) is 5.75 Å². The van der Waals surface area contributed by atoms with Gasteiger partial charge in [-0.1, -0.05) is 12.1 Å². The molecule has 5 heteroatoms. The molecule has 1 aromatic heterocycles. The monoisotopic (exact) mass is 270 g/mol. The predicted octanol–water partition coefficient (Wildman–Crippen LogP) is 1.86. The van der Waals surface area contributed by atoms with Gasteiger partial charge in [0.25, 0.3) is 0 Å². The second kappa shape index (κ2) is 4.67. The molecule has 5 nitrogen and oxygen atoms in total. The lowest BCUT2D eigenvalue weighted by Crippen LogP contribution is -2.05. The minimum Gasteiger partial charge on any atom is -0.490 e. The maximum atomic E-state index is 5.89. The number of aromatic nitrogens is 2. The first-order valence-electron chi connectivity index (χ1n) is 6.69. The van der Waals surface area contributed by atoms with E-state index in [9.17, 15) is 0 Å². The molecule has 2 aromatic rings. The molecule has 1 aromatic carbocycles. The Labute approximate surface area is 118 Å². The summed E-state index contributed by atoms with van der Waals surface area (Å²) < 4.78 is 5.82. The molecular formula is C15H18N4O. The summed E-state index contributed by atoms with van der Waals surface area (Å²) in [5.74, 6) is 1.68. The van der Waals surface area contributed by atoms with Gasteiger partial charge < -0.3 is 16.2 Å². The normalized spacial score (nSPS) is 16.8.